The molecule has 0 spiro atoms. The smallest absolute Gasteiger partial charge is 0.163 e. The molecule has 88 valence electrons. The number of rotatable bonds is 3. The van der Waals surface area contributed by atoms with Gasteiger partial charge in [-0.3, -0.25) is 0 Å². The van der Waals surface area contributed by atoms with Crippen LogP contribution in [0.25, 0.3) is 0 Å². The van der Waals surface area contributed by atoms with Crippen LogP contribution in [0.1, 0.15) is 19.4 Å². The van der Waals surface area contributed by atoms with Crippen molar-refractivity contribution in [2.45, 2.75) is 38.2 Å². The third-order valence-corrected chi connectivity index (χ3v) is 2.82. The first-order chi connectivity index (χ1) is 7.57. The van der Waals surface area contributed by atoms with Gasteiger partial charge in [-0.05, 0) is 25.8 Å². The molecular weight excluding hydrogens is 202 g/mol. The predicted octanol–water partition coefficient (Wildman–Crippen LogP) is 1.71. The fourth-order valence-electron chi connectivity index (χ4n) is 1.94. The first kappa shape index (κ1) is 11.6. The Balaban J connectivity index is 1.92. The van der Waals surface area contributed by atoms with Crippen molar-refractivity contribution in [3.05, 3.63) is 35.9 Å². The van der Waals surface area contributed by atoms with E-state index in [1.807, 2.05) is 32.0 Å². The Labute approximate surface area is 96.5 Å². The minimum absolute atomic E-state index is 0.00444. The lowest BCUT2D eigenvalue weighted by molar-refractivity contribution is -0.140. The topological polar surface area (TPSA) is 44.5 Å². The number of nitrogens with two attached hydrogens (primary N) is 1. The lowest BCUT2D eigenvalue weighted by Gasteiger charge is -2.21. The molecule has 1 fully saturated rings. The molecule has 1 heterocycles. The maximum atomic E-state index is 6.13. The molecule has 1 aliphatic rings. The number of benzene rings is 1. The Morgan fingerprint density at radius 2 is 2.06 bits per heavy atom. The highest BCUT2D eigenvalue weighted by molar-refractivity contribution is 5.16. The molecule has 1 aromatic rings. The average Bonchev–Trinajstić information content (AvgIpc) is 2.60. The van der Waals surface area contributed by atoms with Crippen molar-refractivity contribution in [1.29, 1.82) is 0 Å². The van der Waals surface area contributed by atoms with Gasteiger partial charge in [-0.2, -0.15) is 0 Å². The highest BCUT2D eigenvalue weighted by Gasteiger charge is 2.35. The van der Waals surface area contributed by atoms with Gasteiger partial charge in [-0.15, -0.1) is 0 Å². The Kier molecular flexibility index (Phi) is 3.28. The van der Waals surface area contributed by atoms with Crippen molar-refractivity contribution in [3.8, 4) is 0 Å². The van der Waals surface area contributed by atoms with Crippen molar-refractivity contribution in [2.24, 2.45) is 5.73 Å². The molecule has 0 radical (unpaired) electrons. The quantitative estimate of drug-likeness (QED) is 0.845. The van der Waals surface area contributed by atoms with Gasteiger partial charge in [-0.1, -0.05) is 30.3 Å². The third-order valence-electron chi connectivity index (χ3n) is 2.82. The highest BCUT2D eigenvalue weighted by atomic mass is 16.7. The van der Waals surface area contributed by atoms with Crippen LogP contribution < -0.4 is 5.73 Å². The summed E-state index contributed by atoms with van der Waals surface area (Å²) in [6.07, 6.45) is 0.820. The SMILES string of the molecule is CC1(C)OCC(C(N)Cc2ccccc2)O1. The molecule has 1 saturated heterocycles. The zero-order valence-corrected chi connectivity index (χ0v) is 9.85. The summed E-state index contributed by atoms with van der Waals surface area (Å²) >= 11 is 0. The summed E-state index contributed by atoms with van der Waals surface area (Å²) in [4.78, 5) is 0. The maximum Gasteiger partial charge on any atom is 0.163 e. The van der Waals surface area contributed by atoms with E-state index >= 15 is 0 Å². The van der Waals surface area contributed by atoms with E-state index in [0.717, 1.165) is 6.42 Å². The summed E-state index contributed by atoms with van der Waals surface area (Å²) in [5.41, 5.74) is 7.37. The van der Waals surface area contributed by atoms with E-state index in [1.54, 1.807) is 0 Å². The van der Waals surface area contributed by atoms with Gasteiger partial charge in [-0.25, -0.2) is 0 Å². The Hall–Kier alpha value is -0.900. The number of hydrogen-bond acceptors (Lipinski definition) is 3. The van der Waals surface area contributed by atoms with E-state index in [1.165, 1.54) is 5.56 Å². The van der Waals surface area contributed by atoms with Crippen LogP contribution >= 0.6 is 0 Å². The van der Waals surface area contributed by atoms with E-state index in [9.17, 15) is 0 Å². The van der Waals surface area contributed by atoms with E-state index < -0.39 is 5.79 Å². The standard InChI is InChI=1S/C13H19NO2/c1-13(2)15-9-12(16-13)11(14)8-10-6-4-3-5-7-10/h3-7,11-12H,8-9,14H2,1-2H3. The summed E-state index contributed by atoms with van der Waals surface area (Å²) < 4.78 is 11.2. The summed E-state index contributed by atoms with van der Waals surface area (Å²) in [5.74, 6) is -0.487. The van der Waals surface area contributed by atoms with Gasteiger partial charge < -0.3 is 15.2 Å². The van der Waals surface area contributed by atoms with Crippen molar-refractivity contribution < 1.29 is 9.47 Å². The van der Waals surface area contributed by atoms with Gasteiger partial charge >= 0.3 is 0 Å². The van der Waals surface area contributed by atoms with Gasteiger partial charge in [0.1, 0.15) is 0 Å². The van der Waals surface area contributed by atoms with Gasteiger partial charge in [0, 0.05) is 6.04 Å². The zero-order chi connectivity index (χ0) is 11.6. The molecule has 1 aliphatic heterocycles. The maximum absolute atomic E-state index is 6.13. The zero-order valence-electron chi connectivity index (χ0n) is 9.85. The van der Waals surface area contributed by atoms with Crippen LogP contribution in [0, 0.1) is 0 Å². The molecule has 2 atom stereocenters. The fraction of sp³-hybridized carbons (Fsp3) is 0.538. The van der Waals surface area contributed by atoms with Crippen LogP contribution in [0.4, 0.5) is 0 Å². The summed E-state index contributed by atoms with van der Waals surface area (Å²) in [5, 5.41) is 0. The fourth-order valence-corrected chi connectivity index (χ4v) is 1.94. The summed E-state index contributed by atoms with van der Waals surface area (Å²) in [6.45, 7) is 4.42. The molecule has 2 N–H and O–H groups in total. The summed E-state index contributed by atoms with van der Waals surface area (Å²) in [7, 11) is 0. The molecule has 3 nitrogen and oxygen atoms in total. The van der Waals surface area contributed by atoms with Crippen LogP contribution in [0.3, 0.4) is 0 Å². The minimum atomic E-state index is -0.487. The molecule has 0 aromatic heterocycles. The Morgan fingerprint density at radius 3 is 2.62 bits per heavy atom. The van der Waals surface area contributed by atoms with Crippen molar-refractivity contribution in [3.63, 3.8) is 0 Å². The van der Waals surface area contributed by atoms with E-state index in [0.29, 0.717) is 6.61 Å². The second kappa shape index (κ2) is 4.53. The van der Waals surface area contributed by atoms with Crippen molar-refractivity contribution in [1.82, 2.24) is 0 Å². The average molecular weight is 221 g/mol. The van der Waals surface area contributed by atoms with Gasteiger partial charge in [0.15, 0.2) is 5.79 Å². The predicted molar refractivity (Wildman–Crippen MR) is 63.0 cm³/mol. The van der Waals surface area contributed by atoms with Gasteiger partial charge in [0.05, 0.1) is 12.7 Å². The van der Waals surface area contributed by atoms with Gasteiger partial charge in [0.2, 0.25) is 0 Å². The van der Waals surface area contributed by atoms with E-state index in [2.05, 4.69) is 12.1 Å². The Bertz CT molecular complexity index is 337. The molecule has 0 aliphatic carbocycles. The molecule has 0 bridgehead atoms. The molecule has 3 heteroatoms. The molecular formula is C13H19NO2. The van der Waals surface area contributed by atoms with Crippen molar-refractivity contribution in [2.75, 3.05) is 6.61 Å². The van der Waals surface area contributed by atoms with E-state index in [4.69, 9.17) is 15.2 Å². The molecule has 0 saturated carbocycles. The number of ether oxygens (including phenoxy) is 2. The number of hydrogen-bond donors (Lipinski definition) is 1. The molecule has 1 aromatic carbocycles. The molecule has 2 unspecified atom stereocenters. The van der Waals surface area contributed by atoms with Gasteiger partial charge in [0.25, 0.3) is 0 Å². The summed E-state index contributed by atoms with van der Waals surface area (Å²) in [6, 6.07) is 10.2. The molecule has 16 heavy (non-hydrogen) atoms. The molecule has 0 amide bonds. The van der Waals surface area contributed by atoms with E-state index in [-0.39, 0.29) is 12.1 Å². The van der Waals surface area contributed by atoms with Crippen LogP contribution in [0.2, 0.25) is 0 Å². The Morgan fingerprint density at radius 1 is 1.38 bits per heavy atom. The largest absolute Gasteiger partial charge is 0.348 e. The van der Waals surface area contributed by atoms with Crippen LogP contribution in [0.15, 0.2) is 30.3 Å². The van der Waals surface area contributed by atoms with Crippen LogP contribution in [0.5, 0.6) is 0 Å². The lowest BCUT2D eigenvalue weighted by atomic mass is 10.0. The minimum Gasteiger partial charge on any atom is -0.348 e. The van der Waals surface area contributed by atoms with Crippen LogP contribution in [-0.2, 0) is 15.9 Å². The monoisotopic (exact) mass is 221 g/mol. The van der Waals surface area contributed by atoms with Crippen LogP contribution in [-0.4, -0.2) is 24.5 Å². The third kappa shape index (κ3) is 2.82. The van der Waals surface area contributed by atoms with Crippen molar-refractivity contribution >= 4 is 0 Å². The highest BCUT2D eigenvalue weighted by Crippen LogP contribution is 2.24. The molecule has 2 rings (SSSR count). The first-order valence-corrected chi connectivity index (χ1v) is 5.68. The first-order valence-electron chi connectivity index (χ1n) is 5.68. The second-order valence-electron chi connectivity index (χ2n) is 4.72. The second-order valence-corrected chi connectivity index (χ2v) is 4.72. The lowest BCUT2D eigenvalue weighted by Crippen LogP contribution is -2.39. The normalized spacial score (nSPS) is 25.6.